The molecule has 0 aromatic carbocycles. The largest absolute Gasteiger partial charge is 0.378 e. The van der Waals surface area contributed by atoms with Gasteiger partial charge in [0.2, 0.25) is 0 Å². The predicted octanol–water partition coefficient (Wildman–Crippen LogP) is 3.92. The quantitative estimate of drug-likeness (QED) is 0.311. The van der Waals surface area contributed by atoms with Crippen LogP contribution in [0.3, 0.4) is 0 Å². The van der Waals surface area contributed by atoms with Crippen molar-refractivity contribution in [1.29, 1.82) is 0 Å². The number of aromatic nitrogens is 1. The summed E-state index contributed by atoms with van der Waals surface area (Å²) < 4.78 is 11.1. The van der Waals surface area contributed by atoms with E-state index in [2.05, 4.69) is 55.4 Å². The molecule has 1 aromatic heterocycles. The minimum Gasteiger partial charge on any atom is -0.378 e. The molecule has 0 aliphatic heterocycles. The summed E-state index contributed by atoms with van der Waals surface area (Å²) in [5, 5.41) is 10.7. The highest BCUT2D eigenvalue weighted by atomic mass is 127. The Kier molecular flexibility index (Phi) is 12.9. The molecule has 1 unspecified atom stereocenters. The molecule has 1 heterocycles. The summed E-state index contributed by atoms with van der Waals surface area (Å²) in [5.41, 5.74) is 0.967. The zero-order chi connectivity index (χ0) is 17.9. The van der Waals surface area contributed by atoms with Crippen molar-refractivity contribution in [2.24, 2.45) is 10.9 Å². The summed E-state index contributed by atoms with van der Waals surface area (Å²) in [6, 6.07) is 1.97. The molecule has 7 heteroatoms. The molecule has 0 saturated heterocycles. The fraction of sp³-hybridized carbons (Fsp3) is 0.778. The van der Waals surface area contributed by atoms with Gasteiger partial charge in [0.1, 0.15) is 6.54 Å². The first-order valence-electron chi connectivity index (χ1n) is 9.07. The molecule has 0 amide bonds. The van der Waals surface area contributed by atoms with Crippen molar-refractivity contribution in [3.63, 3.8) is 0 Å². The van der Waals surface area contributed by atoms with E-state index in [0.717, 1.165) is 43.5 Å². The van der Waals surface area contributed by atoms with Crippen molar-refractivity contribution in [3.8, 4) is 0 Å². The van der Waals surface area contributed by atoms with E-state index in [-0.39, 0.29) is 30.1 Å². The second-order valence-corrected chi connectivity index (χ2v) is 6.52. The van der Waals surface area contributed by atoms with Crippen molar-refractivity contribution in [3.05, 3.63) is 17.5 Å². The maximum Gasteiger partial charge on any atom is 0.191 e. The van der Waals surface area contributed by atoms with Gasteiger partial charge in [-0.3, -0.25) is 0 Å². The molecule has 0 radical (unpaired) electrons. The van der Waals surface area contributed by atoms with Gasteiger partial charge in [-0.1, -0.05) is 32.9 Å². The highest BCUT2D eigenvalue weighted by molar-refractivity contribution is 14.0. The summed E-state index contributed by atoms with van der Waals surface area (Å²) in [7, 11) is 0. The third kappa shape index (κ3) is 9.44. The Morgan fingerprint density at radius 2 is 1.96 bits per heavy atom. The standard InChI is InChI=1S/C18H34N4O2.HI/c1-7-19-18(20-10-9-17(14(5)6)23-8-2)21-12-15-11-16(13(3)4)22-24-15;/h11,13-14,17H,7-10,12H2,1-6H3,(H2,19,20,21);1H. The Hall–Kier alpha value is -0.830. The Balaban J connectivity index is 0.00000576. The Labute approximate surface area is 169 Å². The summed E-state index contributed by atoms with van der Waals surface area (Å²) in [4.78, 5) is 4.56. The van der Waals surface area contributed by atoms with Gasteiger partial charge in [0.05, 0.1) is 11.8 Å². The fourth-order valence-corrected chi connectivity index (χ4v) is 2.33. The smallest absolute Gasteiger partial charge is 0.191 e. The number of aliphatic imine (C=N–C) groups is 1. The number of nitrogens with zero attached hydrogens (tertiary/aromatic N) is 2. The van der Waals surface area contributed by atoms with Crippen molar-refractivity contribution in [2.75, 3.05) is 19.7 Å². The molecule has 0 saturated carbocycles. The van der Waals surface area contributed by atoms with Crippen LogP contribution in [0.15, 0.2) is 15.6 Å². The topological polar surface area (TPSA) is 71.7 Å². The monoisotopic (exact) mass is 466 g/mol. The Morgan fingerprint density at radius 3 is 2.48 bits per heavy atom. The Bertz CT molecular complexity index is 489. The third-order valence-corrected chi connectivity index (χ3v) is 3.75. The number of halogens is 1. The van der Waals surface area contributed by atoms with E-state index in [1.165, 1.54) is 0 Å². The van der Waals surface area contributed by atoms with E-state index in [9.17, 15) is 0 Å². The fourth-order valence-electron chi connectivity index (χ4n) is 2.33. The van der Waals surface area contributed by atoms with E-state index in [4.69, 9.17) is 9.26 Å². The Morgan fingerprint density at radius 1 is 1.24 bits per heavy atom. The van der Waals surface area contributed by atoms with Crippen LogP contribution in [0.4, 0.5) is 0 Å². The van der Waals surface area contributed by atoms with Crippen LogP contribution in [-0.2, 0) is 11.3 Å². The lowest BCUT2D eigenvalue weighted by Crippen LogP contribution is -2.39. The molecule has 146 valence electrons. The van der Waals surface area contributed by atoms with Crippen molar-refractivity contribution in [2.45, 2.75) is 66.5 Å². The third-order valence-electron chi connectivity index (χ3n) is 3.75. The number of hydrogen-bond donors (Lipinski definition) is 2. The zero-order valence-electron chi connectivity index (χ0n) is 16.5. The lowest BCUT2D eigenvalue weighted by atomic mass is 10.0. The van der Waals surface area contributed by atoms with Gasteiger partial charge in [-0.15, -0.1) is 24.0 Å². The maximum atomic E-state index is 5.78. The summed E-state index contributed by atoms with van der Waals surface area (Å²) in [5.74, 6) is 2.45. The second-order valence-electron chi connectivity index (χ2n) is 6.52. The van der Waals surface area contributed by atoms with Crippen molar-refractivity contribution < 1.29 is 9.26 Å². The van der Waals surface area contributed by atoms with Gasteiger partial charge in [0.15, 0.2) is 11.7 Å². The van der Waals surface area contributed by atoms with Gasteiger partial charge in [-0.25, -0.2) is 4.99 Å². The summed E-state index contributed by atoms with van der Waals surface area (Å²) in [6.07, 6.45) is 1.23. The van der Waals surface area contributed by atoms with Gasteiger partial charge in [-0.2, -0.15) is 0 Å². The second kappa shape index (κ2) is 13.4. The first-order chi connectivity index (χ1) is 11.5. The molecule has 0 bridgehead atoms. The van der Waals surface area contributed by atoms with Crippen LogP contribution in [0.2, 0.25) is 0 Å². The molecule has 6 nitrogen and oxygen atoms in total. The van der Waals surface area contributed by atoms with E-state index >= 15 is 0 Å². The van der Waals surface area contributed by atoms with E-state index < -0.39 is 0 Å². The van der Waals surface area contributed by atoms with E-state index in [0.29, 0.717) is 18.4 Å². The van der Waals surface area contributed by atoms with Crippen LogP contribution in [0.25, 0.3) is 0 Å². The highest BCUT2D eigenvalue weighted by Gasteiger charge is 2.13. The average molecular weight is 466 g/mol. The summed E-state index contributed by atoms with van der Waals surface area (Å²) in [6.45, 7) is 15.5. The van der Waals surface area contributed by atoms with Gasteiger partial charge >= 0.3 is 0 Å². The molecule has 2 N–H and O–H groups in total. The molecule has 1 rings (SSSR count). The molecular weight excluding hydrogens is 431 g/mol. The van der Waals surface area contributed by atoms with Crippen molar-refractivity contribution in [1.82, 2.24) is 15.8 Å². The first kappa shape index (κ1) is 24.2. The van der Waals surface area contributed by atoms with Crippen LogP contribution in [-0.4, -0.2) is 36.9 Å². The molecule has 0 spiro atoms. The number of nitrogens with one attached hydrogen (secondary N) is 2. The normalized spacial score (nSPS) is 13.0. The van der Waals surface area contributed by atoms with Gasteiger partial charge < -0.3 is 19.9 Å². The molecule has 1 aromatic rings. The lowest BCUT2D eigenvalue weighted by Gasteiger charge is -2.21. The lowest BCUT2D eigenvalue weighted by molar-refractivity contribution is 0.0258. The van der Waals surface area contributed by atoms with Crippen LogP contribution < -0.4 is 10.6 Å². The molecule has 0 aliphatic rings. The van der Waals surface area contributed by atoms with Crippen LogP contribution in [0.5, 0.6) is 0 Å². The van der Waals surface area contributed by atoms with E-state index in [1.54, 1.807) is 0 Å². The SMILES string of the molecule is CCNC(=NCc1cc(C(C)C)no1)NCCC(OCC)C(C)C.I. The van der Waals surface area contributed by atoms with Gasteiger partial charge in [0, 0.05) is 25.8 Å². The number of rotatable bonds is 10. The van der Waals surface area contributed by atoms with Crippen molar-refractivity contribution >= 4 is 29.9 Å². The van der Waals surface area contributed by atoms with Gasteiger partial charge in [-0.05, 0) is 32.1 Å². The molecule has 0 aliphatic carbocycles. The molecule has 1 atom stereocenters. The number of ether oxygens (including phenoxy) is 1. The molecule has 0 fully saturated rings. The maximum absolute atomic E-state index is 5.78. The van der Waals surface area contributed by atoms with Crippen LogP contribution in [0, 0.1) is 5.92 Å². The first-order valence-corrected chi connectivity index (χ1v) is 9.07. The van der Waals surface area contributed by atoms with Crippen LogP contribution >= 0.6 is 24.0 Å². The average Bonchev–Trinajstić information content (AvgIpc) is 3.00. The molecular formula is C18H35IN4O2. The summed E-state index contributed by atoms with van der Waals surface area (Å²) >= 11 is 0. The number of hydrogen-bond acceptors (Lipinski definition) is 4. The highest BCUT2D eigenvalue weighted by Crippen LogP contribution is 2.14. The minimum atomic E-state index is 0. The van der Waals surface area contributed by atoms with Gasteiger partial charge in [0.25, 0.3) is 0 Å². The predicted molar refractivity (Wildman–Crippen MR) is 114 cm³/mol. The minimum absolute atomic E-state index is 0. The zero-order valence-corrected chi connectivity index (χ0v) is 18.8. The molecule has 25 heavy (non-hydrogen) atoms. The van der Waals surface area contributed by atoms with E-state index in [1.807, 2.05) is 13.0 Å². The number of guanidine groups is 1. The van der Waals surface area contributed by atoms with Crippen LogP contribution in [0.1, 0.15) is 65.3 Å².